The zero-order valence-corrected chi connectivity index (χ0v) is 18.1. The zero-order chi connectivity index (χ0) is 21.6. The molecule has 9 heteroatoms. The van der Waals surface area contributed by atoms with E-state index in [4.69, 9.17) is 16.0 Å². The molecule has 164 valence electrons. The Morgan fingerprint density at radius 3 is 2.55 bits per heavy atom. The molecule has 1 N–H and O–H groups in total. The number of nitrogens with zero attached hydrogens (tertiary/aromatic N) is 4. The average molecular weight is 444 g/mol. The first-order valence-corrected chi connectivity index (χ1v) is 10.9. The molecule has 0 spiro atoms. The van der Waals surface area contributed by atoms with Crippen LogP contribution < -0.4 is 5.32 Å². The molecule has 0 unspecified atom stereocenters. The number of rotatable bonds is 8. The predicted octanol–water partition coefficient (Wildman–Crippen LogP) is 2.88. The number of carbonyl (C=O) groups is 2. The summed E-state index contributed by atoms with van der Waals surface area (Å²) in [5.41, 5.74) is 0.892. The maximum atomic E-state index is 12.5. The third-order valence-electron chi connectivity index (χ3n) is 5.43. The molecule has 0 radical (unpaired) electrons. The van der Waals surface area contributed by atoms with Crippen LogP contribution in [0.1, 0.15) is 18.6 Å². The third kappa shape index (κ3) is 5.52. The van der Waals surface area contributed by atoms with Crippen molar-refractivity contribution in [3.05, 3.63) is 47.2 Å². The monoisotopic (exact) mass is 443 g/mol. The first kappa shape index (κ1) is 21.5. The fourth-order valence-corrected chi connectivity index (χ4v) is 3.82. The van der Waals surface area contributed by atoms with E-state index in [0.29, 0.717) is 23.1 Å². The van der Waals surface area contributed by atoms with Crippen LogP contribution in [0.2, 0.25) is 5.02 Å². The number of hydrogen-bond acceptors (Lipinski definition) is 6. The second kappa shape index (κ2) is 10.1. The number of nitrogens with one attached hydrogen (secondary N) is 1. The molecule has 4 rings (SSSR count). The second-order valence-corrected chi connectivity index (χ2v) is 8.07. The lowest BCUT2D eigenvalue weighted by atomic mass is 10.2. The van der Waals surface area contributed by atoms with Gasteiger partial charge in [-0.2, -0.15) is 5.10 Å². The summed E-state index contributed by atoms with van der Waals surface area (Å²) in [6.45, 7) is 5.52. The third-order valence-corrected chi connectivity index (χ3v) is 5.69. The number of imide groups is 1. The van der Waals surface area contributed by atoms with Crippen LogP contribution in [0.5, 0.6) is 0 Å². The van der Waals surface area contributed by atoms with E-state index >= 15 is 0 Å². The van der Waals surface area contributed by atoms with Crippen LogP contribution in [0.4, 0.5) is 4.79 Å². The lowest BCUT2D eigenvalue weighted by Crippen LogP contribution is -2.43. The quantitative estimate of drug-likeness (QED) is 0.385. The molecular formula is C22H26ClN5O3. The van der Waals surface area contributed by atoms with Gasteiger partial charge in [0.15, 0.2) is 0 Å². The van der Waals surface area contributed by atoms with Crippen molar-refractivity contribution in [1.29, 1.82) is 0 Å². The molecule has 0 atom stereocenters. The number of hydrazone groups is 1. The van der Waals surface area contributed by atoms with Crippen molar-refractivity contribution in [2.24, 2.45) is 5.10 Å². The van der Waals surface area contributed by atoms with Crippen LogP contribution in [-0.4, -0.2) is 78.8 Å². The van der Waals surface area contributed by atoms with Crippen molar-refractivity contribution in [2.75, 3.05) is 45.8 Å². The predicted molar refractivity (Wildman–Crippen MR) is 119 cm³/mol. The standard InChI is InChI=1S/C22H26ClN5O3/c23-18-5-3-17(4-6-18)20-8-7-19(31-20)15-25-28-16-21(29)27(22(28)30)12-2-1-11-26-13-9-24-10-14-26/h3-8,15,24H,1-2,9-14,16H2/b25-15+. The summed E-state index contributed by atoms with van der Waals surface area (Å²) in [5.74, 6) is 0.957. The minimum atomic E-state index is -0.382. The number of unbranched alkanes of at least 4 members (excludes halogenated alkanes) is 1. The summed E-state index contributed by atoms with van der Waals surface area (Å²) in [4.78, 5) is 28.5. The fraction of sp³-hybridized carbons (Fsp3) is 0.409. The van der Waals surface area contributed by atoms with E-state index < -0.39 is 0 Å². The summed E-state index contributed by atoms with van der Waals surface area (Å²) in [6, 6.07) is 10.5. The highest BCUT2D eigenvalue weighted by Crippen LogP contribution is 2.23. The summed E-state index contributed by atoms with van der Waals surface area (Å²) < 4.78 is 5.76. The Morgan fingerprint density at radius 1 is 1.03 bits per heavy atom. The van der Waals surface area contributed by atoms with Gasteiger partial charge in [0.2, 0.25) is 0 Å². The molecule has 2 aromatic rings. The Morgan fingerprint density at radius 2 is 1.77 bits per heavy atom. The van der Waals surface area contributed by atoms with Crippen LogP contribution in [0, 0.1) is 0 Å². The molecule has 8 nitrogen and oxygen atoms in total. The number of carbonyl (C=O) groups excluding carboxylic acids is 2. The largest absolute Gasteiger partial charge is 0.455 e. The average Bonchev–Trinajstić information content (AvgIpc) is 3.36. The van der Waals surface area contributed by atoms with E-state index in [-0.39, 0.29) is 18.5 Å². The van der Waals surface area contributed by atoms with E-state index in [2.05, 4.69) is 15.3 Å². The van der Waals surface area contributed by atoms with Crippen molar-refractivity contribution >= 4 is 29.8 Å². The van der Waals surface area contributed by atoms with E-state index in [1.807, 2.05) is 18.2 Å². The van der Waals surface area contributed by atoms with Gasteiger partial charge in [-0.25, -0.2) is 9.80 Å². The van der Waals surface area contributed by atoms with Gasteiger partial charge in [0, 0.05) is 43.3 Å². The molecule has 3 amide bonds. The topological polar surface area (TPSA) is 81.4 Å². The number of hydrogen-bond donors (Lipinski definition) is 1. The van der Waals surface area contributed by atoms with E-state index in [1.54, 1.807) is 18.2 Å². The van der Waals surface area contributed by atoms with Crippen LogP contribution >= 0.6 is 11.6 Å². The molecule has 2 fully saturated rings. The van der Waals surface area contributed by atoms with Crippen molar-refractivity contribution in [3.63, 3.8) is 0 Å². The van der Waals surface area contributed by atoms with Gasteiger partial charge < -0.3 is 14.6 Å². The molecule has 0 saturated carbocycles. The molecule has 2 saturated heterocycles. The van der Waals surface area contributed by atoms with Gasteiger partial charge >= 0.3 is 6.03 Å². The van der Waals surface area contributed by atoms with Gasteiger partial charge in [0.25, 0.3) is 5.91 Å². The van der Waals surface area contributed by atoms with Crippen molar-refractivity contribution in [3.8, 4) is 11.3 Å². The first-order chi connectivity index (χ1) is 15.1. The fourth-order valence-electron chi connectivity index (χ4n) is 3.70. The Bertz CT molecular complexity index is 937. The van der Waals surface area contributed by atoms with Gasteiger partial charge in [0.1, 0.15) is 18.1 Å². The van der Waals surface area contributed by atoms with Gasteiger partial charge in [-0.05, 0) is 55.8 Å². The van der Waals surface area contributed by atoms with Gasteiger partial charge in [-0.3, -0.25) is 9.69 Å². The number of halogens is 1. The number of amides is 3. The van der Waals surface area contributed by atoms with Gasteiger partial charge in [-0.15, -0.1) is 0 Å². The minimum absolute atomic E-state index is 0.0438. The highest BCUT2D eigenvalue weighted by atomic mass is 35.5. The van der Waals surface area contributed by atoms with Crippen molar-refractivity contribution in [2.45, 2.75) is 12.8 Å². The van der Waals surface area contributed by atoms with Crippen LogP contribution in [0.15, 0.2) is 45.9 Å². The Hall–Kier alpha value is -2.68. The maximum Gasteiger partial charge on any atom is 0.347 e. The highest BCUT2D eigenvalue weighted by molar-refractivity contribution is 6.30. The lowest BCUT2D eigenvalue weighted by molar-refractivity contribution is -0.125. The zero-order valence-electron chi connectivity index (χ0n) is 17.3. The van der Waals surface area contributed by atoms with Crippen molar-refractivity contribution in [1.82, 2.24) is 20.1 Å². The van der Waals surface area contributed by atoms with Crippen molar-refractivity contribution < 1.29 is 14.0 Å². The lowest BCUT2D eigenvalue weighted by Gasteiger charge is -2.27. The van der Waals surface area contributed by atoms with Crippen LogP contribution in [0.25, 0.3) is 11.3 Å². The molecule has 31 heavy (non-hydrogen) atoms. The Labute approximate surface area is 186 Å². The smallest absolute Gasteiger partial charge is 0.347 e. The normalized spacial score (nSPS) is 18.0. The van der Waals surface area contributed by atoms with Crippen LogP contribution in [0.3, 0.4) is 0 Å². The highest BCUT2D eigenvalue weighted by Gasteiger charge is 2.35. The number of piperazine rings is 1. The maximum absolute atomic E-state index is 12.5. The Kier molecular flexibility index (Phi) is 7.01. The molecule has 2 aliphatic heterocycles. The van der Waals surface area contributed by atoms with E-state index in [0.717, 1.165) is 51.1 Å². The minimum Gasteiger partial charge on any atom is -0.455 e. The van der Waals surface area contributed by atoms with Gasteiger partial charge in [0.05, 0.1) is 6.21 Å². The molecule has 3 heterocycles. The molecule has 2 aliphatic rings. The Balaban J connectivity index is 1.27. The van der Waals surface area contributed by atoms with Gasteiger partial charge in [-0.1, -0.05) is 11.6 Å². The summed E-state index contributed by atoms with van der Waals surface area (Å²) in [7, 11) is 0. The molecule has 0 bridgehead atoms. The van der Waals surface area contributed by atoms with E-state index in [9.17, 15) is 9.59 Å². The summed E-state index contributed by atoms with van der Waals surface area (Å²) >= 11 is 5.91. The summed E-state index contributed by atoms with van der Waals surface area (Å²) in [5, 5.41) is 9.34. The van der Waals surface area contributed by atoms with Crippen LogP contribution in [-0.2, 0) is 4.79 Å². The number of furan rings is 1. The molecule has 1 aromatic carbocycles. The summed E-state index contributed by atoms with van der Waals surface area (Å²) in [6.07, 6.45) is 3.21. The first-order valence-electron chi connectivity index (χ1n) is 10.5. The SMILES string of the molecule is O=C1CN(/N=C/c2ccc(-c3ccc(Cl)cc3)o2)C(=O)N1CCCCN1CCNCC1. The molecule has 1 aromatic heterocycles. The number of benzene rings is 1. The molecular weight excluding hydrogens is 418 g/mol. The molecule has 0 aliphatic carbocycles. The number of urea groups is 1. The second-order valence-electron chi connectivity index (χ2n) is 7.64. The van der Waals surface area contributed by atoms with E-state index in [1.165, 1.54) is 16.1 Å².